The third kappa shape index (κ3) is 3.75. The summed E-state index contributed by atoms with van der Waals surface area (Å²) < 4.78 is 15.5. The summed E-state index contributed by atoms with van der Waals surface area (Å²) in [6.07, 6.45) is 0.0220. The monoisotopic (exact) mass is 329 g/mol. The Morgan fingerprint density at radius 2 is 2.21 bits per heavy atom. The van der Waals surface area contributed by atoms with E-state index in [0.717, 1.165) is 5.56 Å². The van der Waals surface area contributed by atoms with Crippen LogP contribution in [0.15, 0.2) is 33.2 Å². The number of nitrogens with one attached hydrogen (secondary N) is 1. The molecule has 0 unspecified atom stereocenters. The molecule has 1 N–H and O–H groups in total. The molecular formula is C15H15N5O4. The van der Waals surface area contributed by atoms with Gasteiger partial charge < -0.3 is 19.0 Å². The molecule has 0 saturated heterocycles. The summed E-state index contributed by atoms with van der Waals surface area (Å²) in [5.74, 6) is 1.82. The molecule has 1 amide bonds. The molecule has 0 aliphatic carbocycles. The number of aromatic nitrogens is 4. The van der Waals surface area contributed by atoms with E-state index in [2.05, 4.69) is 25.7 Å². The van der Waals surface area contributed by atoms with Gasteiger partial charge in [-0.25, -0.2) is 0 Å². The zero-order chi connectivity index (χ0) is 16.9. The number of carbonyl (C=O) groups excluding carboxylic acids is 1. The quantitative estimate of drug-likeness (QED) is 0.719. The second-order valence-electron chi connectivity index (χ2n) is 4.92. The minimum Gasteiger partial charge on any atom is -0.497 e. The van der Waals surface area contributed by atoms with Gasteiger partial charge in [-0.3, -0.25) is 4.79 Å². The summed E-state index contributed by atoms with van der Waals surface area (Å²) in [5.41, 5.74) is 0.738. The predicted octanol–water partition coefficient (Wildman–Crippen LogP) is 1.30. The zero-order valence-electron chi connectivity index (χ0n) is 13.1. The van der Waals surface area contributed by atoms with Crippen molar-refractivity contribution >= 4 is 5.91 Å². The van der Waals surface area contributed by atoms with E-state index >= 15 is 0 Å². The molecule has 0 bridgehead atoms. The van der Waals surface area contributed by atoms with Gasteiger partial charge in [0.05, 0.1) is 20.1 Å². The Hall–Kier alpha value is -3.23. The van der Waals surface area contributed by atoms with Crippen LogP contribution in [-0.4, -0.2) is 33.4 Å². The number of hydrogen-bond acceptors (Lipinski definition) is 8. The Kier molecular flexibility index (Phi) is 4.50. The van der Waals surface area contributed by atoms with Gasteiger partial charge in [0.15, 0.2) is 5.82 Å². The van der Waals surface area contributed by atoms with Crippen molar-refractivity contribution in [3.63, 3.8) is 0 Å². The van der Waals surface area contributed by atoms with E-state index in [-0.39, 0.29) is 18.9 Å². The first-order valence-corrected chi connectivity index (χ1v) is 7.17. The van der Waals surface area contributed by atoms with Gasteiger partial charge in [0.25, 0.3) is 0 Å². The van der Waals surface area contributed by atoms with Gasteiger partial charge in [-0.05, 0) is 18.2 Å². The lowest BCUT2D eigenvalue weighted by Crippen LogP contribution is -2.25. The predicted molar refractivity (Wildman–Crippen MR) is 80.9 cm³/mol. The second kappa shape index (κ2) is 6.90. The van der Waals surface area contributed by atoms with Gasteiger partial charge in [-0.1, -0.05) is 11.2 Å². The average molecular weight is 329 g/mol. The molecule has 0 aliphatic rings. The highest BCUT2D eigenvalue weighted by Crippen LogP contribution is 2.22. The average Bonchev–Trinajstić information content (AvgIpc) is 3.22. The van der Waals surface area contributed by atoms with Gasteiger partial charge >= 0.3 is 0 Å². The van der Waals surface area contributed by atoms with Crippen LogP contribution < -0.4 is 10.1 Å². The third-order valence-corrected chi connectivity index (χ3v) is 3.11. The molecule has 9 nitrogen and oxygen atoms in total. The summed E-state index contributed by atoms with van der Waals surface area (Å²) in [5, 5.41) is 14.2. The topological polar surface area (TPSA) is 116 Å². The molecule has 2 heterocycles. The van der Waals surface area contributed by atoms with Crippen LogP contribution in [0.5, 0.6) is 5.75 Å². The lowest BCUT2D eigenvalue weighted by molar-refractivity contribution is -0.120. The van der Waals surface area contributed by atoms with Crippen molar-refractivity contribution in [3.8, 4) is 17.2 Å². The molecule has 0 fully saturated rings. The summed E-state index contributed by atoms with van der Waals surface area (Å²) in [7, 11) is 1.58. The molecular weight excluding hydrogens is 314 g/mol. The van der Waals surface area contributed by atoms with E-state index in [0.29, 0.717) is 29.2 Å². The third-order valence-electron chi connectivity index (χ3n) is 3.11. The second-order valence-corrected chi connectivity index (χ2v) is 4.92. The molecule has 3 aromatic rings. The number of benzene rings is 1. The van der Waals surface area contributed by atoms with Crippen LogP contribution in [0, 0.1) is 6.92 Å². The van der Waals surface area contributed by atoms with Crippen molar-refractivity contribution in [3.05, 3.63) is 41.9 Å². The molecule has 124 valence electrons. The zero-order valence-corrected chi connectivity index (χ0v) is 13.1. The largest absolute Gasteiger partial charge is 0.497 e. The lowest BCUT2D eigenvalue weighted by Gasteiger charge is -2.00. The molecule has 0 spiro atoms. The first-order valence-electron chi connectivity index (χ1n) is 7.17. The Morgan fingerprint density at radius 3 is 2.96 bits per heavy atom. The van der Waals surface area contributed by atoms with Crippen molar-refractivity contribution in [2.45, 2.75) is 19.9 Å². The van der Waals surface area contributed by atoms with Crippen molar-refractivity contribution in [1.29, 1.82) is 0 Å². The fourth-order valence-corrected chi connectivity index (χ4v) is 1.99. The van der Waals surface area contributed by atoms with Crippen molar-refractivity contribution < 1.29 is 18.5 Å². The van der Waals surface area contributed by atoms with E-state index in [1.165, 1.54) is 0 Å². The number of aryl methyl sites for hydroxylation is 1. The van der Waals surface area contributed by atoms with Crippen molar-refractivity contribution in [1.82, 2.24) is 25.7 Å². The van der Waals surface area contributed by atoms with Crippen LogP contribution in [0.25, 0.3) is 11.5 Å². The number of methoxy groups -OCH3 is 1. The summed E-state index contributed by atoms with van der Waals surface area (Å²) in [4.78, 5) is 15.8. The molecule has 3 rings (SSSR count). The van der Waals surface area contributed by atoms with Crippen LogP contribution in [0.3, 0.4) is 0 Å². The molecule has 1 aromatic carbocycles. The number of carbonyl (C=O) groups is 1. The molecule has 0 aliphatic heterocycles. The van der Waals surface area contributed by atoms with E-state index in [9.17, 15) is 4.79 Å². The highest BCUT2D eigenvalue weighted by molar-refractivity contribution is 5.77. The number of rotatable bonds is 6. The normalized spacial score (nSPS) is 10.6. The molecule has 24 heavy (non-hydrogen) atoms. The molecule has 0 radical (unpaired) electrons. The Balaban J connectivity index is 1.58. The maximum Gasteiger partial charge on any atom is 0.247 e. The van der Waals surface area contributed by atoms with Gasteiger partial charge in [0.2, 0.25) is 23.6 Å². The Morgan fingerprint density at radius 1 is 1.33 bits per heavy atom. The van der Waals surface area contributed by atoms with Crippen molar-refractivity contribution in [2.75, 3.05) is 7.11 Å². The van der Waals surface area contributed by atoms with Gasteiger partial charge in [0.1, 0.15) is 5.75 Å². The number of amides is 1. The van der Waals surface area contributed by atoms with Crippen molar-refractivity contribution in [2.24, 2.45) is 0 Å². The van der Waals surface area contributed by atoms with Crippen LogP contribution in [0.4, 0.5) is 0 Å². The number of hydrogen-bond donors (Lipinski definition) is 1. The maximum atomic E-state index is 11.8. The lowest BCUT2D eigenvalue weighted by atomic mass is 10.2. The first kappa shape index (κ1) is 15.7. The fraction of sp³-hybridized carbons (Fsp3) is 0.267. The minimum absolute atomic E-state index is 0.0220. The van der Waals surface area contributed by atoms with Crippen LogP contribution in [0.1, 0.15) is 17.6 Å². The molecule has 0 saturated carbocycles. The number of ether oxygens (including phenoxy) is 1. The molecule has 0 atom stereocenters. The number of nitrogens with zero attached hydrogens (tertiary/aromatic N) is 4. The van der Waals surface area contributed by atoms with E-state index < -0.39 is 0 Å². The summed E-state index contributed by atoms with van der Waals surface area (Å²) in [6.45, 7) is 1.78. The highest BCUT2D eigenvalue weighted by atomic mass is 16.5. The van der Waals surface area contributed by atoms with E-state index in [1.54, 1.807) is 20.1 Å². The van der Waals surface area contributed by atoms with E-state index in [1.807, 2.05) is 18.2 Å². The summed E-state index contributed by atoms with van der Waals surface area (Å²) >= 11 is 0. The highest BCUT2D eigenvalue weighted by Gasteiger charge is 2.12. The van der Waals surface area contributed by atoms with Gasteiger partial charge in [-0.2, -0.15) is 4.98 Å². The van der Waals surface area contributed by atoms with E-state index in [4.69, 9.17) is 13.7 Å². The first-order chi connectivity index (χ1) is 11.6. The molecule has 9 heteroatoms. The minimum atomic E-state index is -0.267. The SMILES string of the molecule is COc1cccc(-c2nnc(CNC(=O)Cc3noc(C)n3)o2)c1. The fourth-order valence-electron chi connectivity index (χ4n) is 1.99. The Labute approximate surface area is 137 Å². The molecule has 2 aromatic heterocycles. The Bertz CT molecular complexity index is 842. The standard InChI is InChI=1S/C15H15N5O4/c1-9-17-12(20-24-9)7-13(21)16-8-14-18-19-15(23-14)10-4-3-5-11(6-10)22-2/h3-6H,7-8H2,1-2H3,(H,16,21). The van der Waals surface area contributed by atoms with Gasteiger partial charge in [0, 0.05) is 12.5 Å². The van der Waals surface area contributed by atoms with Crippen LogP contribution >= 0.6 is 0 Å². The smallest absolute Gasteiger partial charge is 0.247 e. The van der Waals surface area contributed by atoms with Crippen LogP contribution in [-0.2, 0) is 17.8 Å². The van der Waals surface area contributed by atoms with Crippen LogP contribution in [0.2, 0.25) is 0 Å². The van der Waals surface area contributed by atoms with Gasteiger partial charge in [-0.15, -0.1) is 10.2 Å². The maximum absolute atomic E-state index is 11.8. The summed E-state index contributed by atoms with van der Waals surface area (Å²) in [6, 6.07) is 7.26.